The fourth-order valence-electron chi connectivity index (χ4n) is 4.51. The van der Waals surface area contributed by atoms with Gasteiger partial charge in [-0.25, -0.2) is 0 Å². The summed E-state index contributed by atoms with van der Waals surface area (Å²) in [5.41, 5.74) is 8.55. The summed E-state index contributed by atoms with van der Waals surface area (Å²) in [7, 11) is 0. The van der Waals surface area contributed by atoms with E-state index in [0.717, 1.165) is 24.2 Å². The van der Waals surface area contributed by atoms with E-state index in [2.05, 4.69) is 10.2 Å². The van der Waals surface area contributed by atoms with Gasteiger partial charge in [-0.05, 0) is 30.5 Å². The zero-order valence-corrected chi connectivity index (χ0v) is 14.2. The summed E-state index contributed by atoms with van der Waals surface area (Å²) in [6.45, 7) is 1.73. The van der Waals surface area contributed by atoms with Crippen LogP contribution in [0.3, 0.4) is 0 Å². The van der Waals surface area contributed by atoms with Crippen molar-refractivity contribution >= 4 is 23.4 Å². The van der Waals surface area contributed by atoms with Crippen LogP contribution in [-0.2, 0) is 16.1 Å². The molecule has 3 N–H and O–H groups in total. The standard InChI is InChI=1S/C18H20N4O4/c19-10-4-11-8-26-15-5-12-9(3-14(15)21(11)7-10)6-22(18(12)25)13-1-2-16(23)20-17(13)24/h3,5,10-11,13H,1-2,4,6-8,19H2,(H,20,23,24)/t10-,11-,13-/m0/s1. The van der Waals surface area contributed by atoms with Crippen LogP contribution in [0, 0.1) is 0 Å². The number of hydrogen-bond acceptors (Lipinski definition) is 6. The zero-order chi connectivity index (χ0) is 18.0. The van der Waals surface area contributed by atoms with E-state index in [4.69, 9.17) is 10.5 Å². The van der Waals surface area contributed by atoms with Crippen LogP contribution in [0.5, 0.6) is 5.75 Å². The minimum atomic E-state index is -0.599. The first-order valence-electron chi connectivity index (χ1n) is 8.98. The molecule has 0 aromatic heterocycles. The molecule has 2 fully saturated rings. The van der Waals surface area contributed by atoms with Crippen LogP contribution < -0.4 is 20.7 Å². The molecule has 3 amide bonds. The maximum absolute atomic E-state index is 12.9. The maximum atomic E-state index is 12.9. The lowest BCUT2D eigenvalue weighted by Gasteiger charge is -2.33. The second kappa shape index (κ2) is 5.44. The highest BCUT2D eigenvalue weighted by Crippen LogP contribution is 2.42. The summed E-state index contributed by atoms with van der Waals surface area (Å²) >= 11 is 0. The van der Waals surface area contributed by atoms with Crippen molar-refractivity contribution in [3.8, 4) is 5.75 Å². The van der Waals surface area contributed by atoms with E-state index in [-0.39, 0.29) is 30.3 Å². The third-order valence-electron chi connectivity index (χ3n) is 5.79. The molecule has 0 saturated carbocycles. The number of rotatable bonds is 1. The molecule has 136 valence electrons. The summed E-state index contributed by atoms with van der Waals surface area (Å²) in [5.74, 6) is -0.154. The number of imide groups is 1. The first-order valence-corrected chi connectivity index (χ1v) is 8.98. The van der Waals surface area contributed by atoms with Crippen molar-refractivity contribution < 1.29 is 19.1 Å². The Morgan fingerprint density at radius 3 is 2.85 bits per heavy atom. The number of ether oxygens (including phenoxy) is 1. The van der Waals surface area contributed by atoms with Crippen LogP contribution in [-0.4, -0.2) is 53.9 Å². The van der Waals surface area contributed by atoms with Gasteiger partial charge < -0.3 is 20.3 Å². The average Bonchev–Trinajstić information content (AvgIpc) is 3.13. The molecular weight excluding hydrogens is 336 g/mol. The zero-order valence-electron chi connectivity index (χ0n) is 14.2. The minimum Gasteiger partial charge on any atom is -0.489 e. The first-order chi connectivity index (χ1) is 12.5. The van der Waals surface area contributed by atoms with Crippen molar-refractivity contribution in [3.05, 3.63) is 23.3 Å². The minimum absolute atomic E-state index is 0.129. The molecule has 4 heterocycles. The normalized spacial score (nSPS) is 29.9. The summed E-state index contributed by atoms with van der Waals surface area (Å²) < 4.78 is 5.88. The van der Waals surface area contributed by atoms with Gasteiger partial charge in [0.25, 0.3) is 5.91 Å². The van der Waals surface area contributed by atoms with Crippen molar-refractivity contribution in [2.45, 2.75) is 43.9 Å². The largest absolute Gasteiger partial charge is 0.489 e. The van der Waals surface area contributed by atoms with E-state index in [1.54, 1.807) is 11.0 Å². The predicted molar refractivity (Wildman–Crippen MR) is 91.7 cm³/mol. The molecule has 0 unspecified atom stereocenters. The lowest BCUT2D eigenvalue weighted by molar-refractivity contribution is -0.136. The number of anilines is 1. The van der Waals surface area contributed by atoms with Crippen molar-refractivity contribution in [3.63, 3.8) is 0 Å². The second-order valence-corrected chi connectivity index (χ2v) is 7.49. The number of carbonyl (C=O) groups excluding carboxylic acids is 3. The highest BCUT2D eigenvalue weighted by atomic mass is 16.5. The Labute approximate surface area is 150 Å². The van der Waals surface area contributed by atoms with Gasteiger partial charge in [0.2, 0.25) is 11.8 Å². The number of carbonyl (C=O) groups is 3. The lowest BCUT2D eigenvalue weighted by atomic mass is 10.0. The fourth-order valence-corrected chi connectivity index (χ4v) is 4.51. The molecule has 0 radical (unpaired) electrons. The number of fused-ring (bicyclic) bond motifs is 4. The third kappa shape index (κ3) is 2.21. The van der Waals surface area contributed by atoms with Crippen LogP contribution in [0.4, 0.5) is 5.69 Å². The summed E-state index contributed by atoms with van der Waals surface area (Å²) in [5, 5.41) is 2.33. The van der Waals surface area contributed by atoms with Gasteiger partial charge in [0, 0.05) is 31.1 Å². The molecular formula is C18H20N4O4. The van der Waals surface area contributed by atoms with Crippen LogP contribution in [0.2, 0.25) is 0 Å². The highest BCUT2D eigenvalue weighted by Gasteiger charge is 2.42. The van der Waals surface area contributed by atoms with Crippen molar-refractivity contribution in [1.29, 1.82) is 0 Å². The Bertz CT molecular complexity index is 839. The van der Waals surface area contributed by atoms with Gasteiger partial charge in [0.15, 0.2) is 0 Å². The predicted octanol–water partition coefficient (Wildman–Crippen LogP) is -0.254. The fraction of sp³-hybridized carbons (Fsp3) is 0.500. The molecule has 1 aromatic rings. The van der Waals surface area contributed by atoms with E-state index >= 15 is 0 Å². The van der Waals surface area contributed by atoms with Gasteiger partial charge >= 0.3 is 0 Å². The SMILES string of the molecule is N[C@H]1C[C@H]2COc3cc4c(cc3N2C1)CN([C@H]1CCC(=O)NC1=O)C4=O. The van der Waals surface area contributed by atoms with Crippen molar-refractivity contribution in [2.24, 2.45) is 5.73 Å². The molecule has 26 heavy (non-hydrogen) atoms. The highest BCUT2D eigenvalue weighted by molar-refractivity contribution is 6.05. The van der Waals surface area contributed by atoms with Gasteiger partial charge in [0.1, 0.15) is 18.4 Å². The van der Waals surface area contributed by atoms with Crippen LogP contribution in [0.15, 0.2) is 12.1 Å². The molecule has 3 atom stereocenters. The number of piperidine rings is 1. The molecule has 4 aliphatic rings. The second-order valence-electron chi connectivity index (χ2n) is 7.49. The van der Waals surface area contributed by atoms with Gasteiger partial charge in [-0.15, -0.1) is 0 Å². The molecule has 8 heteroatoms. The van der Waals surface area contributed by atoms with Gasteiger partial charge in [0.05, 0.1) is 11.7 Å². The molecule has 0 aliphatic carbocycles. The Hall–Kier alpha value is -2.61. The van der Waals surface area contributed by atoms with Crippen LogP contribution >= 0.6 is 0 Å². The van der Waals surface area contributed by atoms with Gasteiger partial charge in [-0.3, -0.25) is 19.7 Å². The molecule has 0 bridgehead atoms. The quantitative estimate of drug-likeness (QED) is 0.672. The van der Waals surface area contributed by atoms with E-state index in [1.807, 2.05) is 6.07 Å². The average molecular weight is 356 g/mol. The van der Waals surface area contributed by atoms with E-state index < -0.39 is 11.9 Å². The summed E-state index contributed by atoms with van der Waals surface area (Å²) in [6.07, 6.45) is 1.52. The number of nitrogens with one attached hydrogen (secondary N) is 1. The molecule has 0 spiro atoms. The Morgan fingerprint density at radius 2 is 2.04 bits per heavy atom. The number of hydrogen-bond donors (Lipinski definition) is 2. The number of nitrogens with zero attached hydrogens (tertiary/aromatic N) is 2. The molecule has 8 nitrogen and oxygen atoms in total. The first kappa shape index (κ1) is 15.6. The lowest BCUT2D eigenvalue weighted by Crippen LogP contribution is -2.52. The van der Waals surface area contributed by atoms with Crippen molar-refractivity contribution in [1.82, 2.24) is 10.2 Å². The number of nitrogens with two attached hydrogens (primary N) is 1. The smallest absolute Gasteiger partial charge is 0.255 e. The summed E-state index contributed by atoms with van der Waals surface area (Å²) in [4.78, 5) is 40.2. The van der Waals surface area contributed by atoms with Gasteiger partial charge in [-0.2, -0.15) is 0 Å². The van der Waals surface area contributed by atoms with E-state index in [1.165, 1.54) is 0 Å². The molecule has 2 saturated heterocycles. The van der Waals surface area contributed by atoms with E-state index in [9.17, 15) is 14.4 Å². The molecule has 5 rings (SSSR count). The third-order valence-corrected chi connectivity index (χ3v) is 5.79. The molecule has 1 aromatic carbocycles. The van der Waals surface area contributed by atoms with E-state index in [0.29, 0.717) is 30.9 Å². The maximum Gasteiger partial charge on any atom is 0.255 e. The number of amides is 3. The molecule has 4 aliphatic heterocycles. The van der Waals surface area contributed by atoms with Crippen LogP contribution in [0.25, 0.3) is 0 Å². The van der Waals surface area contributed by atoms with Crippen LogP contribution in [0.1, 0.15) is 35.2 Å². The Kier molecular flexibility index (Phi) is 3.27. The van der Waals surface area contributed by atoms with Gasteiger partial charge in [-0.1, -0.05) is 0 Å². The summed E-state index contributed by atoms with van der Waals surface area (Å²) in [6, 6.07) is 3.60. The Morgan fingerprint density at radius 1 is 1.19 bits per heavy atom. The van der Waals surface area contributed by atoms with Crippen molar-refractivity contribution in [2.75, 3.05) is 18.1 Å². The topological polar surface area (TPSA) is 105 Å². The Balaban J connectivity index is 1.46. The monoisotopic (exact) mass is 356 g/mol. The number of benzene rings is 1.